The van der Waals surface area contributed by atoms with Crippen LogP contribution in [0.1, 0.15) is 17.2 Å². The number of likely N-dealkylation sites (tertiary alicyclic amines) is 1. The minimum absolute atomic E-state index is 0.0437. The molecule has 2 saturated heterocycles. The summed E-state index contributed by atoms with van der Waals surface area (Å²) in [7, 11) is 5.20. The summed E-state index contributed by atoms with van der Waals surface area (Å²) >= 11 is 0. The van der Waals surface area contributed by atoms with Gasteiger partial charge in [-0.15, -0.1) is 0 Å². The number of hydrogen-bond acceptors (Lipinski definition) is 6. The van der Waals surface area contributed by atoms with Gasteiger partial charge < -0.3 is 25.2 Å². The maximum Gasteiger partial charge on any atom is 0.320 e. The van der Waals surface area contributed by atoms with Crippen LogP contribution in [-0.2, 0) is 0 Å². The molecule has 8 heteroatoms. The summed E-state index contributed by atoms with van der Waals surface area (Å²) in [6.07, 6.45) is 0. The molecule has 2 aromatic rings. The van der Waals surface area contributed by atoms with Crippen molar-refractivity contribution < 1.29 is 9.53 Å². The summed E-state index contributed by atoms with van der Waals surface area (Å²) in [5.74, 6) is 2.13. The van der Waals surface area contributed by atoms with Gasteiger partial charge in [0.15, 0.2) is 0 Å². The number of hydrogen-bond donors (Lipinski definition) is 1. The van der Waals surface area contributed by atoms with E-state index in [0.717, 1.165) is 25.5 Å². The van der Waals surface area contributed by atoms with Crippen LogP contribution < -0.4 is 15.4 Å². The van der Waals surface area contributed by atoms with Crippen molar-refractivity contribution in [3.8, 4) is 5.88 Å². The Balaban J connectivity index is 1.67. The molecular formula is C21H28N6O2. The summed E-state index contributed by atoms with van der Waals surface area (Å²) in [6, 6.07) is 10.3. The minimum Gasteiger partial charge on any atom is -0.481 e. The molecule has 29 heavy (non-hydrogen) atoms. The Labute approximate surface area is 171 Å². The number of amides is 2. The number of nitrogens with two attached hydrogens (primary N) is 1. The van der Waals surface area contributed by atoms with Crippen LogP contribution in [0.25, 0.3) is 0 Å². The SMILES string of the molecule is COc1cc(N2C[C@@H]3CN(C(=O)N(C)C)[C@@H](c4ccccc4C)[C@@H]3C2)nc(N)n1. The van der Waals surface area contributed by atoms with E-state index in [1.54, 1.807) is 12.0 Å². The number of rotatable bonds is 3. The molecule has 0 radical (unpaired) electrons. The molecule has 154 valence electrons. The summed E-state index contributed by atoms with van der Waals surface area (Å²) in [5, 5.41) is 0. The van der Waals surface area contributed by atoms with Gasteiger partial charge in [0, 0.05) is 51.6 Å². The second-order valence-corrected chi connectivity index (χ2v) is 8.09. The van der Waals surface area contributed by atoms with Crippen molar-refractivity contribution in [3.05, 3.63) is 41.5 Å². The van der Waals surface area contributed by atoms with Crippen molar-refractivity contribution in [1.29, 1.82) is 0 Å². The second-order valence-electron chi connectivity index (χ2n) is 8.09. The van der Waals surface area contributed by atoms with Crippen molar-refractivity contribution in [3.63, 3.8) is 0 Å². The molecule has 2 aliphatic heterocycles. The van der Waals surface area contributed by atoms with E-state index in [1.807, 2.05) is 31.1 Å². The molecule has 2 N–H and O–H groups in total. The highest BCUT2D eigenvalue weighted by Crippen LogP contribution is 2.46. The van der Waals surface area contributed by atoms with Crippen LogP contribution in [0.3, 0.4) is 0 Å². The van der Waals surface area contributed by atoms with Crippen LogP contribution in [-0.4, -0.2) is 66.6 Å². The Bertz CT molecular complexity index is 918. The van der Waals surface area contributed by atoms with Gasteiger partial charge in [0.05, 0.1) is 13.2 Å². The van der Waals surface area contributed by atoms with E-state index in [1.165, 1.54) is 11.1 Å². The quantitative estimate of drug-likeness (QED) is 0.856. The van der Waals surface area contributed by atoms with E-state index >= 15 is 0 Å². The number of fused-ring (bicyclic) bond motifs is 1. The molecule has 0 unspecified atom stereocenters. The van der Waals surface area contributed by atoms with Crippen LogP contribution in [0.15, 0.2) is 30.3 Å². The average molecular weight is 396 g/mol. The van der Waals surface area contributed by atoms with Gasteiger partial charge in [0.1, 0.15) is 5.82 Å². The lowest BCUT2D eigenvalue weighted by atomic mass is 9.88. The summed E-state index contributed by atoms with van der Waals surface area (Å²) in [5.41, 5.74) is 8.29. The molecule has 0 bridgehead atoms. The topological polar surface area (TPSA) is 87.8 Å². The Morgan fingerprint density at radius 2 is 1.97 bits per heavy atom. The summed E-state index contributed by atoms with van der Waals surface area (Å²) in [4.78, 5) is 27.4. The zero-order chi connectivity index (χ0) is 20.7. The predicted octanol–water partition coefficient (Wildman–Crippen LogP) is 2.17. The molecule has 2 fully saturated rings. The number of carbonyl (C=O) groups excluding carboxylic acids is 1. The highest BCUT2D eigenvalue weighted by molar-refractivity contribution is 5.75. The largest absolute Gasteiger partial charge is 0.481 e. The molecule has 2 aliphatic rings. The van der Waals surface area contributed by atoms with Crippen molar-refractivity contribution >= 4 is 17.8 Å². The third-order valence-corrected chi connectivity index (χ3v) is 6.04. The second kappa shape index (κ2) is 7.42. The van der Waals surface area contributed by atoms with Gasteiger partial charge in [0.2, 0.25) is 11.8 Å². The number of anilines is 2. The van der Waals surface area contributed by atoms with Crippen LogP contribution in [0.5, 0.6) is 5.88 Å². The van der Waals surface area contributed by atoms with Gasteiger partial charge in [0.25, 0.3) is 0 Å². The number of carbonyl (C=O) groups is 1. The molecule has 0 saturated carbocycles. The first-order valence-electron chi connectivity index (χ1n) is 9.86. The normalized spacial score (nSPS) is 23.2. The number of ether oxygens (including phenoxy) is 1. The lowest BCUT2D eigenvalue weighted by Crippen LogP contribution is -2.41. The fourth-order valence-electron chi connectivity index (χ4n) is 4.70. The number of nitrogen functional groups attached to an aromatic ring is 1. The highest BCUT2D eigenvalue weighted by atomic mass is 16.5. The number of benzene rings is 1. The summed E-state index contributed by atoms with van der Waals surface area (Å²) < 4.78 is 5.25. The maximum atomic E-state index is 12.9. The van der Waals surface area contributed by atoms with Crippen molar-refractivity contribution in [2.24, 2.45) is 11.8 Å². The standard InChI is InChI=1S/C21H28N6O2/c1-13-7-5-6-8-15(13)19-16-12-26(17-9-18(29-4)24-20(22)23-17)10-14(16)11-27(19)21(28)25(2)3/h5-9,14,16,19H,10-12H2,1-4H3,(H2,22,23,24)/t14-,16-,19+/m1/s1. The summed E-state index contributed by atoms with van der Waals surface area (Å²) in [6.45, 7) is 4.48. The molecule has 3 atom stereocenters. The molecule has 2 amide bonds. The number of aryl methyl sites for hydroxylation is 1. The van der Waals surface area contributed by atoms with Gasteiger partial charge in [-0.3, -0.25) is 0 Å². The average Bonchev–Trinajstić information content (AvgIpc) is 3.25. The fourth-order valence-corrected chi connectivity index (χ4v) is 4.70. The molecule has 0 spiro atoms. The Morgan fingerprint density at radius 3 is 2.66 bits per heavy atom. The third-order valence-electron chi connectivity index (χ3n) is 6.04. The first-order valence-corrected chi connectivity index (χ1v) is 9.86. The molecular weight excluding hydrogens is 368 g/mol. The van der Waals surface area contributed by atoms with Crippen LogP contribution in [0.2, 0.25) is 0 Å². The van der Waals surface area contributed by atoms with Gasteiger partial charge in [-0.25, -0.2) is 4.79 Å². The molecule has 1 aromatic heterocycles. The number of aromatic nitrogens is 2. The van der Waals surface area contributed by atoms with E-state index < -0.39 is 0 Å². The van der Waals surface area contributed by atoms with Gasteiger partial charge in [-0.1, -0.05) is 24.3 Å². The molecule has 4 rings (SSSR count). The molecule has 0 aliphatic carbocycles. The van der Waals surface area contributed by atoms with Crippen molar-refractivity contribution in [2.45, 2.75) is 13.0 Å². The van der Waals surface area contributed by atoms with Crippen LogP contribution in [0, 0.1) is 18.8 Å². The van der Waals surface area contributed by atoms with Gasteiger partial charge in [-0.05, 0) is 18.1 Å². The first-order chi connectivity index (χ1) is 13.9. The van der Waals surface area contributed by atoms with Crippen molar-refractivity contribution in [2.75, 3.05) is 51.5 Å². The smallest absolute Gasteiger partial charge is 0.320 e. The van der Waals surface area contributed by atoms with E-state index in [-0.39, 0.29) is 18.0 Å². The van der Waals surface area contributed by atoms with Crippen LogP contribution >= 0.6 is 0 Å². The number of urea groups is 1. The zero-order valence-electron chi connectivity index (χ0n) is 17.4. The molecule has 1 aromatic carbocycles. The Kier molecular flexibility index (Phi) is 4.94. The monoisotopic (exact) mass is 396 g/mol. The fraction of sp³-hybridized carbons (Fsp3) is 0.476. The maximum absolute atomic E-state index is 12.9. The zero-order valence-corrected chi connectivity index (χ0v) is 17.4. The van der Waals surface area contributed by atoms with E-state index in [2.05, 4.69) is 40.0 Å². The number of nitrogens with zero attached hydrogens (tertiary/aromatic N) is 5. The lowest BCUT2D eigenvalue weighted by molar-refractivity contribution is 0.159. The predicted molar refractivity (Wildman–Crippen MR) is 112 cm³/mol. The van der Waals surface area contributed by atoms with Gasteiger partial charge in [-0.2, -0.15) is 9.97 Å². The minimum atomic E-state index is 0.0437. The first kappa shape index (κ1) is 19.3. The number of methoxy groups -OCH3 is 1. The van der Waals surface area contributed by atoms with E-state index in [0.29, 0.717) is 17.7 Å². The van der Waals surface area contributed by atoms with Crippen molar-refractivity contribution in [1.82, 2.24) is 19.8 Å². The Hall–Kier alpha value is -3.03. The van der Waals surface area contributed by atoms with Crippen LogP contribution in [0.4, 0.5) is 16.6 Å². The highest BCUT2D eigenvalue weighted by Gasteiger charge is 2.50. The third kappa shape index (κ3) is 3.43. The Morgan fingerprint density at radius 1 is 1.21 bits per heavy atom. The van der Waals surface area contributed by atoms with E-state index in [9.17, 15) is 4.79 Å². The lowest BCUT2D eigenvalue weighted by Gasteiger charge is -2.32. The molecule has 3 heterocycles. The van der Waals surface area contributed by atoms with E-state index in [4.69, 9.17) is 10.5 Å². The molecule has 8 nitrogen and oxygen atoms in total. The van der Waals surface area contributed by atoms with Gasteiger partial charge >= 0.3 is 6.03 Å².